The Bertz CT molecular complexity index is 757. The molecular weight excluding hydrogens is 622 g/mol. The lowest BCUT2D eigenvalue weighted by atomic mass is 10.00. The lowest BCUT2D eigenvalue weighted by Crippen LogP contribution is -2.53. The van der Waals surface area contributed by atoms with Gasteiger partial charge < -0.3 is 25.7 Å². The molecule has 0 aromatic heterocycles. The number of carbonyl (C=O) groups excluding carboxylic acids is 1. The smallest absolute Gasteiger partial charge is 0.249 e. The molecule has 0 rings (SSSR count). The van der Waals surface area contributed by atoms with E-state index in [1.807, 2.05) is 0 Å². The first kappa shape index (κ1) is 48.8. The molecule has 6 nitrogen and oxygen atoms in total. The second-order valence-corrected chi connectivity index (χ2v) is 15.0. The first-order chi connectivity index (χ1) is 24.5. The van der Waals surface area contributed by atoms with Crippen molar-refractivity contribution < 1.29 is 25.2 Å². The molecule has 0 heterocycles. The number of nitrogens with one attached hydrogen (secondary N) is 1. The molecule has 4 atom stereocenters. The summed E-state index contributed by atoms with van der Waals surface area (Å²) in [7, 11) is 0. The summed E-state index contributed by atoms with van der Waals surface area (Å²) in [5, 5.41) is 43.6. The Balaban J connectivity index is 3.80. The number of carbonyl (C=O) groups is 1. The van der Waals surface area contributed by atoms with Crippen molar-refractivity contribution in [2.45, 2.75) is 244 Å². The Morgan fingerprint density at radius 1 is 0.480 bits per heavy atom. The van der Waals surface area contributed by atoms with Crippen molar-refractivity contribution in [2.75, 3.05) is 6.61 Å². The van der Waals surface area contributed by atoms with Crippen LogP contribution in [0, 0.1) is 0 Å². The number of aliphatic hydroxyl groups is 4. The molecule has 5 N–H and O–H groups in total. The van der Waals surface area contributed by atoms with Gasteiger partial charge in [-0.05, 0) is 51.4 Å². The summed E-state index contributed by atoms with van der Waals surface area (Å²) in [6, 6.07) is -1.00. The highest BCUT2D eigenvalue weighted by molar-refractivity contribution is 5.80. The van der Waals surface area contributed by atoms with Crippen molar-refractivity contribution in [3.63, 3.8) is 0 Å². The van der Waals surface area contributed by atoms with Crippen molar-refractivity contribution in [3.8, 4) is 0 Å². The predicted octanol–water partition coefficient (Wildman–Crippen LogP) is 11.2. The van der Waals surface area contributed by atoms with Crippen LogP contribution in [0.5, 0.6) is 0 Å². The molecule has 1 amide bonds. The number of aliphatic hydroxyl groups excluding tert-OH is 4. The first-order valence-corrected chi connectivity index (χ1v) is 21.7. The maximum Gasteiger partial charge on any atom is 0.249 e. The Hall–Kier alpha value is -1.21. The SMILES string of the molecule is CCCCCCCCCCC/C=C/CC/C=C/CCCC(O)C(O)C(CO)NC(=O)C(O)CCCCCCCCCCCCCCCCCC. The maximum atomic E-state index is 12.5. The maximum absolute atomic E-state index is 12.5. The zero-order valence-corrected chi connectivity index (χ0v) is 33.2. The van der Waals surface area contributed by atoms with Gasteiger partial charge >= 0.3 is 0 Å². The number of rotatable bonds is 39. The summed E-state index contributed by atoms with van der Waals surface area (Å²) in [5.41, 5.74) is 0. The second kappa shape index (κ2) is 39.0. The molecule has 0 bridgehead atoms. The molecule has 0 aromatic carbocycles. The molecule has 0 aromatic rings. The highest BCUT2D eigenvalue weighted by Gasteiger charge is 2.28. The Kier molecular flexibility index (Phi) is 38.1. The van der Waals surface area contributed by atoms with Gasteiger partial charge in [0.25, 0.3) is 0 Å². The average Bonchev–Trinajstić information content (AvgIpc) is 3.12. The predicted molar refractivity (Wildman–Crippen MR) is 214 cm³/mol. The molecule has 0 saturated carbocycles. The normalized spacial score (nSPS) is 14.4. The molecule has 0 aliphatic heterocycles. The molecular formula is C44H85NO5. The molecule has 296 valence electrons. The van der Waals surface area contributed by atoms with Crippen LogP contribution in [0.15, 0.2) is 24.3 Å². The molecule has 0 saturated heterocycles. The topological polar surface area (TPSA) is 110 Å². The first-order valence-electron chi connectivity index (χ1n) is 21.7. The molecule has 50 heavy (non-hydrogen) atoms. The molecule has 0 aliphatic carbocycles. The van der Waals surface area contributed by atoms with E-state index in [-0.39, 0.29) is 0 Å². The summed E-state index contributed by atoms with van der Waals surface area (Å²) in [6.07, 6.45) is 43.5. The van der Waals surface area contributed by atoms with Crippen LogP contribution in [0.1, 0.15) is 219 Å². The molecule has 6 heteroatoms. The van der Waals surface area contributed by atoms with Gasteiger partial charge in [0.15, 0.2) is 0 Å². The molecule has 0 spiro atoms. The van der Waals surface area contributed by atoms with Gasteiger partial charge in [0, 0.05) is 0 Å². The average molecular weight is 708 g/mol. The third-order valence-electron chi connectivity index (χ3n) is 10.1. The van der Waals surface area contributed by atoms with Crippen molar-refractivity contribution in [3.05, 3.63) is 24.3 Å². The molecule has 0 aliphatic rings. The zero-order valence-electron chi connectivity index (χ0n) is 33.2. The molecule has 0 fully saturated rings. The van der Waals surface area contributed by atoms with E-state index in [1.54, 1.807) is 0 Å². The lowest BCUT2D eigenvalue weighted by molar-refractivity contribution is -0.132. The number of amides is 1. The minimum Gasteiger partial charge on any atom is -0.394 e. The van der Waals surface area contributed by atoms with Crippen molar-refractivity contribution in [2.24, 2.45) is 0 Å². The van der Waals surface area contributed by atoms with Gasteiger partial charge in [0.05, 0.1) is 18.8 Å². The molecule has 4 unspecified atom stereocenters. The third-order valence-corrected chi connectivity index (χ3v) is 10.1. The van der Waals surface area contributed by atoms with Gasteiger partial charge in [-0.3, -0.25) is 4.79 Å². The fourth-order valence-electron chi connectivity index (χ4n) is 6.66. The van der Waals surface area contributed by atoms with Crippen molar-refractivity contribution >= 4 is 5.91 Å². The number of hydrogen-bond acceptors (Lipinski definition) is 5. The highest BCUT2D eigenvalue weighted by Crippen LogP contribution is 2.16. The van der Waals surface area contributed by atoms with Crippen LogP contribution in [-0.4, -0.2) is 57.3 Å². The summed E-state index contributed by atoms with van der Waals surface area (Å²) in [5.74, 6) is -0.596. The van der Waals surface area contributed by atoms with Crippen molar-refractivity contribution in [1.82, 2.24) is 5.32 Å². The van der Waals surface area contributed by atoms with Crippen LogP contribution in [-0.2, 0) is 4.79 Å². The second-order valence-electron chi connectivity index (χ2n) is 15.0. The van der Waals surface area contributed by atoms with Crippen LogP contribution < -0.4 is 5.32 Å². The lowest BCUT2D eigenvalue weighted by Gasteiger charge is -2.27. The van der Waals surface area contributed by atoms with E-state index in [0.717, 1.165) is 38.5 Å². The van der Waals surface area contributed by atoms with E-state index in [0.29, 0.717) is 19.3 Å². The Morgan fingerprint density at radius 2 is 0.840 bits per heavy atom. The van der Waals surface area contributed by atoms with E-state index in [4.69, 9.17) is 0 Å². The van der Waals surface area contributed by atoms with Gasteiger partial charge in [-0.1, -0.05) is 192 Å². The number of unbranched alkanes of at least 4 members (excludes halogenated alkanes) is 26. The van der Waals surface area contributed by atoms with Crippen LogP contribution in [0.4, 0.5) is 0 Å². The standard InChI is InChI=1S/C44H85NO5/c1-3-5-7-9-11-13-15-17-19-21-22-24-25-27-29-31-33-35-37-41(47)43(49)40(39-46)45-44(50)42(48)38-36-34-32-30-28-26-23-20-18-16-14-12-10-8-6-4-2/h22,24,29,31,40-43,46-49H,3-21,23,25-28,30,32-39H2,1-2H3,(H,45,50)/b24-22+,31-29+. The number of hydrogen-bond donors (Lipinski definition) is 5. The molecule has 0 radical (unpaired) electrons. The van der Waals surface area contributed by atoms with Crippen LogP contribution in [0.25, 0.3) is 0 Å². The summed E-state index contributed by atoms with van der Waals surface area (Å²) < 4.78 is 0. The van der Waals surface area contributed by atoms with E-state index in [9.17, 15) is 25.2 Å². The number of allylic oxidation sites excluding steroid dienone is 4. The summed E-state index contributed by atoms with van der Waals surface area (Å²) in [4.78, 5) is 12.5. The van der Waals surface area contributed by atoms with E-state index >= 15 is 0 Å². The van der Waals surface area contributed by atoms with Crippen LogP contribution >= 0.6 is 0 Å². The minimum absolute atomic E-state index is 0.364. The van der Waals surface area contributed by atoms with Crippen LogP contribution in [0.2, 0.25) is 0 Å². The van der Waals surface area contributed by atoms with E-state index in [2.05, 4.69) is 43.5 Å². The monoisotopic (exact) mass is 708 g/mol. The summed E-state index contributed by atoms with van der Waals surface area (Å²) in [6.45, 7) is 4.03. The fourth-order valence-corrected chi connectivity index (χ4v) is 6.66. The minimum atomic E-state index is -1.29. The summed E-state index contributed by atoms with van der Waals surface area (Å²) >= 11 is 0. The van der Waals surface area contributed by atoms with Gasteiger partial charge in [-0.25, -0.2) is 0 Å². The third kappa shape index (κ3) is 32.7. The zero-order chi connectivity index (χ0) is 36.8. The van der Waals surface area contributed by atoms with E-state index < -0.39 is 36.9 Å². The Morgan fingerprint density at radius 3 is 1.26 bits per heavy atom. The highest BCUT2D eigenvalue weighted by atomic mass is 16.3. The largest absolute Gasteiger partial charge is 0.394 e. The van der Waals surface area contributed by atoms with Gasteiger partial charge in [0.2, 0.25) is 5.91 Å². The fraction of sp³-hybridized carbons (Fsp3) is 0.886. The van der Waals surface area contributed by atoms with Crippen molar-refractivity contribution in [1.29, 1.82) is 0 Å². The Labute approximate surface area is 310 Å². The van der Waals surface area contributed by atoms with E-state index in [1.165, 1.54) is 148 Å². The quantitative estimate of drug-likeness (QED) is 0.0323. The van der Waals surface area contributed by atoms with Gasteiger partial charge in [0.1, 0.15) is 12.2 Å². The van der Waals surface area contributed by atoms with Crippen LogP contribution in [0.3, 0.4) is 0 Å². The van der Waals surface area contributed by atoms with Gasteiger partial charge in [-0.2, -0.15) is 0 Å². The van der Waals surface area contributed by atoms with Gasteiger partial charge in [-0.15, -0.1) is 0 Å².